The van der Waals surface area contributed by atoms with Crippen molar-refractivity contribution in [1.82, 2.24) is 0 Å². The van der Waals surface area contributed by atoms with Gasteiger partial charge in [-0.15, -0.1) is 0 Å². The van der Waals surface area contributed by atoms with Crippen molar-refractivity contribution in [2.75, 3.05) is 18.5 Å². The van der Waals surface area contributed by atoms with Crippen LogP contribution in [-0.4, -0.2) is 24.1 Å². The van der Waals surface area contributed by atoms with Crippen LogP contribution in [0.2, 0.25) is 0 Å². The monoisotopic (exact) mass is 308 g/mol. The molecule has 0 spiro atoms. The first-order valence-electron chi connectivity index (χ1n) is 7.04. The molecule has 1 aromatic carbocycles. The lowest BCUT2D eigenvalue weighted by molar-refractivity contribution is -0.118. The number of rotatable bonds is 7. The third kappa shape index (κ3) is 3.26. The highest BCUT2D eigenvalue weighted by molar-refractivity contribution is 7.80. The highest BCUT2D eigenvalue weighted by Crippen LogP contribution is 2.47. The summed E-state index contributed by atoms with van der Waals surface area (Å²) in [6.07, 6.45) is 1.42. The summed E-state index contributed by atoms with van der Waals surface area (Å²) < 4.78 is 11.0. The molecule has 1 aromatic rings. The number of ether oxygens (including phenoxy) is 2. The van der Waals surface area contributed by atoms with Gasteiger partial charge in [-0.1, -0.05) is 12.2 Å². The largest absolute Gasteiger partial charge is 0.490 e. The standard InChI is InChI=1S/C15H20N2O3S/c1-3-19-11-6-5-10(9-12(11)20-4-2)17-14(18)15(7-8-15)13(16)21/h5-6,9H,3-4,7-8H2,1-2H3,(H2,16,21)(H,17,18). The fourth-order valence-corrected chi connectivity index (χ4v) is 2.39. The number of hydrogen-bond acceptors (Lipinski definition) is 4. The molecule has 0 unspecified atom stereocenters. The summed E-state index contributed by atoms with van der Waals surface area (Å²) in [5.41, 5.74) is 5.64. The van der Waals surface area contributed by atoms with E-state index in [0.717, 1.165) is 0 Å². The fraction of sp³-hybridized carbons (Fsp3) is 0.467. The molecule has 0 heterocycles. The maximum Gasteiger partial charge on any atom is 0.237 e. The smallest absolute Gasteiger partial charge is 0.237 e. The summed E-state index contributed by atoms with van der Waals surface area (Å²) in [7, 11) is 0. The van der Waals surface area contributed by atoms with Gasteiger partial charge in [0, 0.05) is 11.8 Å². The molecule has 1 aliphatic carbocycles. The van der Waals surface area contributed by atoms with Crippen LogP contribution in [0.3, 0.4) is 0 Å². The first-order chi connectivity index (χ1) is 10.0. The van der Waals surface area contributed by atoms with Crippen LogP contribution in [0.1, 0.15) is 26.7 Å². The van der Waals surface area contributed by atoms with Crippen molar-refractivity contribution >= 4 is 28.8 Å². The van der Waals surface area contributed by atoms with Gasteiger partial charge in [0.1, 0.15) is 0 Å². The lowest BCUT2D eigenvalue weighted by Crippen LogP contribution is -2.35. The van der Waals surface area contributed by atoms with E-state index in [1.807, 2.05) is 13.8 Å². The topological polar surface area (TPSA) is 73.6 Å². The molecule has 0 saturated heterocycles. The summed E-state index contributed by atoms with van der Waals surface area (Å²) in [6, 6.07) is 5.31. The Kier molecular flexibility index (Phi) is 4.67. The molecular formula is C15H20N2O3S. The second kappa shape index (κ2) is 6.30. The van der Waals surface area contributed by atoms with E-state index in [4.69, 9.17) is 27.4 Å². The Balaban J connectivity index is 2.15. The van der Waals surface area contributed by atoms with Crippen LogP contribution in [0, 0.1) is 5.41 Å². The quantitative estimate of drug-likeness (QED) is 0.757. The Morgan fingerprint density at radius 2 is 1.90 bits per heavy atom. The van der Waals surface area contributed by atoms with Crippen molar-refractivity contribution < 1.29 is 14.3 Å². The Morgan fingerprint density at radius 3 is 2.43 bits per heavy atom. The Morgan fingerprint density at radius 1 is 1.29 bits per heavy atom. The highest BCUT2D eigenvalue weighted by atomic mass is 32.1. The first-order valence-corrected chi connectivity index (χ1v) is 7.45. The lowest BCUT2D eigenvalue weighted by atomic mass is 10.1. The lowest BCUT2D eigenvalue weighted by Gasteiger charge is -2.16. The number of amides is 1. The predicted octanol–water partition coefficient (Wildman–Crippen LogP) is 2.49. The van der Waals surface area contributed by atoms with Crippen molar-refractivity contribution in [2.45, 2.75) is 26.7 Å². The fourth-order valence-electron chi connectivity index (χ4n) is 2.09. The van der Waals surface area contributed by atoms with E-state index in [9.17, 15) is 4.79 Å². The molecule has 0 aliphatic heterocycles. The maximum atomic E-state index is 12.3. The molecule has 1 amide bonds. The highest BCUT2D eigenvalue weighted by Gasteiger charge is 2.52. The molecule has 6 heteroatoms. The molecule has 5 nitrogen and oxygen atoms in total. The van der Waals surface area contributed by atoms with Gasteiger partial charge >= 0.3 is 0 Å². The van der Waals surface area contributed by atoms with Gasteiger partial charge in [-0.3, -0.25) is 4.79 Å². The average molecular weight is 308 g/mol. The Hall–Kier alpha value is -1.82. The van der Waals surface area contributed by atoms with Crippen LogP contribution in [0.15, 0.2) is 18.2 Å². The second-order valence-corrected chi connectivity index (χ2v) is 5.37. The Bertz CT molecular complexity index is 556. The molecular weight excluding hydrogens is 288 g/mol. The average Bonchev–Trinajstić information content (AvgIpc) is 3.24. The molecule has 0 radical (unpaired) electrons. The third-order valence-electron chi connectivity index (χ3n) is 3.46. The summed E-state index contributed by atoms with van der Waals surface area (Å²) in [5.74, 6) is 1.12. The zero-order chi connectivity index (χ0) is 15.5. The summed E-state index contributed by atoms with van der Waals surface area (Å²) in [5, 5.41) is 2.85. The van der Waals surface area contributed by atoms with Crippen LogP contribution in [0.4, 0.5) is 5.69 Å². The summed E-state index contributed by atoms with van der Waals surface area (Å²) in [4.78, 5) is 12.5. The first kappa shape index (κ1) is 15.6. The molecule has 114 valence electrons. The van der Waals surface area contributed by atoms with Gasteiger partial charge in [0.05, 0.1) is 23.6 Å². The van der Waals surface area contributed by atoms with E-state index < -0.39 is 5.41 Å². The number of anilines is 1. The van der Waals surface area contributed by atoms with Gasteiger partial charge in [-0.2, -0.15) is 0 Å². The molecule has 1 aliphatic rings. The van der Waals surface area contributed by atoms with Crippen molar-refractivity contribution in [3.8, 4) is 11.5 Å². The van der Waals surface area contributed by atoms with Crippen LogP contribution in [0.5, 0.6) is 11.5 Å². The molecule has 0 aromatic heterocycles. The summed E-state index contributed by atoms with van der Waals surface area (Å²) in [6.45, 7) is 4.88. The van der Waals surface area contributed by atoms with Crippen LogP contribution in [-0.2, 0) is 4.79 Å². The minimum absolute atomic E-state index is 0.151. The molecule has 0 atom stereocenters. The van der Waals surface area contributed by atoms with Crippen molar-refractivity contribution in [3.63, 3.8) is 0 Å². The second-order valence-electron chi connectivity index (χ2n) is 4.93. The van der Waals surface area contributed by atoms with Crippen LogP contribution in [0.25, 0.3) is 0 Å². The zero-order valence-electron chi connectivity index (χ0n) is 12.3. The number of thiocarbonyl (C=S) groups is 1. The molecule has 3 N–H and O–H groups in total. The summed E-state index contributed by atoms with van der Waals surface area (Å²) >= 11 is 4.98. The van der Waals surface area contributed by atoms with E-state index in [-0.39, 0.29) is 10.9 Å². The number of hydrogen-bond donors (Lipinski definition) is 2. The van der Waals surface area contributed by atoms with Gasteiger partial charge in [0.2, 0.25) is 5.91 Å². The van der Waals surface area contributed by atoms with Crippen molar-refractivity contribution in [2.24, 2.45) is 11.1 Å². The van der Waals surface area contributed by atoms with Gasteiger partial charge in [0.15, 0.2) is 11.5 Å². The molecule has 21 heavy (non-hydrogen) atoms. The van der Waals surface area contributed by atoms with Crippen molar-refractivity contribution in [1.29, 1.82) is 0 Å². The van der Waals surface area contributed by atoms with Crippen LogP contribution < -0.4 is 20.5 Å². The molecule has 0 bridgehead atoms. The molecule has 2 rings (SSSR count). The Labute approximate surface area is 129 Å². The van der Waals surface area contributed by atoms with Gasteiger partial charge in [0.25, 0.3) is 0 Å². The maximum absolute atomic E-state index is 12.3. The number of nitrogens with two attached hydrogens (primary N) is 1. The normalized spacial score (nSPS) is 15.1. The van der Waals surface area contributed by atoms with E-state index in [0.29, 0.717) is 43.2 Å². The van der Waals surface area contributed by atoms with Crippen LogP contribution >= 0.6 is 12.2 Å². The predicted molar refractivity (Wildman–Crippen MR) is 85.9 cm³/mol. The molecule has 1 saturated carbocycles. The number of carbonyl (C=O) groups excluding carboxylic acids is 1. The minimum atomic E-state index is -0.667. The van der Waals surface area contributed by atoms with E-state index in [1.54, 1.807) is 18.2 Å². The van der Waals surface area contributed by atoms with E-state index in [2.05, 4.69) is 5.32 Å². The minimum Gasteiger partial charge on any atom is -0.490 e. The molecule has 1 fully saturated rings. The van der Waals surface area contributed by atoms with E-state index >= 15 is 0 Å². The SMILES string of the molecule is CCOc1ccc(NC(=O)C2(C(N)=S)CC2)cc1OCC. The van der Waals surface area contributed by atoms with E-state index in [1.165, 1.54) is 0 Å². The zero-order valence-corrected chi connectivity index (χ0v) is 13.1. The third-order valence-corrected chi connectivity index (χ3v) is 3.85. The van der Waals surface area contributed by atoms with Crippen molar-refractivity contribution in [3.05, 3.63) is 18.2 Å². The van der Waals surface area contributed by atoms with Gasteiger partial charge in [-0.05, 0) is 38.8 Å². The number of benzene rings is 1. The number of nitrogens with one attached hydrogen (secondary N) is 1. The number of carbonyl (C=O) groups is 1. The van der Waals surface area contributed by atoms with Gasteiger partial charge < -0.3 is 20.5 Å². The van der Waals surface area contributed by atoms with Gasteiger partial charge in [-0.25, -0.2) is 0 Å².